The van der Waals surface area contributed by atoms with Crippen molar-refractivity contribution in [3.8, 4) is 0 Å². The van der Waals surface area contributed by atoms with Crippen LogP contribution in [0.2, 0.25) is 0 Å². The number of rotatable bonds is 2. The third kappa shape index (κ3) is 2.30. The monoisotopic (exact) mass is 344 g/mol. The summed E-state index contributed by atoms with van der Waals surface area (Å²) >= 11 is 0. The summed E-state index contributed by atoms with van der Waals surface area (Å²) in [5.74, 6) is 0. The zero-order valence-corrected chi connectivity index (χ0v) is 15.9. The van der Waals surface area contributed by atoms with E-state index in [1.165, 1.54) is 30.5 Å². The molecule has 1 aromatic heterocycles. The standard InChI is InChI=1S/C19H29BN2O3/c1-17(2)10-7-8-13-15(17)21-22(14-9-5-6-11-23-14)16(13)20-24-18(3)12-19(18,4)25-20/h14H,5-12H2,1-4H3. The van der Waals surface area contributed by atoms with Crippen molar-refractivity contribution in [1.29, 1.82) is 0 Å². The van der Waals surface area contributed by atoms with E-state index in [4.69, 9.17) is 19.1 Å². The molecule has 2 aliphatic heterocycles. The van der Waals surface area contributed by atoms with E-state index in [0.29, 0.717) is 0 Å². The first-order chi connectivity index (χ1) is 11.8. The molecule has 2 saturated heterocycles. The van der Waals surface area contributed by atoms with Gasteiger partial charge in [-0.15, -0.1) is 0 Å². The van der Waals surface area contributed by atoms with E-state index in [-0.39, 0.29) is 30.0 Å². The maximum absolute atomic E-state index is 6.40. The van der Waals surface area contributed by atoms with Crippen LogP contribution in [0, 0.1) is 0 Å². The van der Waals surface area contributed by atoms with Crippen LogP contribution in [-0.2, 0) is 25.9 Å². The second-order valence-corrected chi connectivity index (χ2v) is 9.42. The van der Waals surface area contributed by atoms with Crippen LogP contribution in [-0.4, -0.2) is 34.7 Å². The Kier molecular flexibility index (Phi) is 3.34. The molecular formula is C19H29BN2O3. The number of nitrogens with zero attached hydrogens (tertiary/aromatic N) is 2. The van der Waals surface area contributed by atoms with Crippen molar-refractivity contribution in [3.63, 3.8) is 0 Å². The second kappa shape index (κ2) is 5.11. The van der Waals surface area contributed by atoms with Gasteiger partial charge in [-0.1, -0.05) is 13.8 Å². The number of fused-ring (bicyclic) bond motifs is 2. The summed E-state index contributed by atoms with van der Waals surface area (Å²) in [6.07, 6.45) is 7.82. The quantitative estimate of drug-likeness (QED) is 0.774. The van der Waals surface area contributed by atoms with E-state index in [9.17, 15) is 0 Å². The van der Waals surface area contributed by atoms with Crippen LogP contribution in [0.25, 0.3) is 0 Å². The van der Waals surface area contributed by atoms with Crippen LogP contribution < -0.4 is 5.59 Å². The van der Waals surface area contributed by atoms with Crippen molar-refractivity contribution >= 4 is 12.7 Å². The Morgan fingerprint density at radius 3 is 2.52 bits per heavy atom. The predicted octanol–water partition coefficient (Wildman–Crippen LogP) is 2.86. The van der Waals surface area contributed by atoms with Crippen molar-refractivity contribution in [2.45, 2.75) is 95.5 Å². The lowest BCUT2D eigenvalue weighted by atomic mass is 9.71. The first-order valence-electron chi connectivity index (χ1n) is 9.92. The summed E-state index contributed by atoms with van der Waals surface area (Å²) in [7, 11) is -0.306. The Morgan fingerprint density at radius 1 is 1.08 bits per heavy atom. The first kappa shape index (κ1) is 16.3. The Hall–Kier alpha value is -0.845. The normalized spacial score (nSPS) is 39.2. The smallest absolute Gasteiger partial charge is 0.398 e. The average molecular weight is 344 g/mol. The molecule has 0 aromatic carbocycles. The number of hydrogen-bond acceptors (Lipinski definition) is 4. The van der Waals surface area contributed by atoms with Crippen molar-refractivity contribution in [2.75, 3.05) is 6.61 Å². The molecule has 0 amide bonds. The Bertz CT molecular complexity index is 696. The molecule has 3 fully saturated rings. The van der Waals surface area contributed by atoms with Gasteiger partial charge in [-0.3, -0.25) is 0 Å². The maximum Gasteiger partial charge on any atom is 0.514 e. The topological polar surface area (TPSA) is 45.5 Å². The summed E-state index contributed by atoms with van der Waals surface area (Å²) in [5.41, 5.74) is 3.53. The fourth-order valence-corrected chi connectivity index (χ4v) is 5.02. The van der Waals surface area contributed by atoms with E-state index in [0.717, 1.165) is 37.9 Å². The molecule has 5 nitrogen and oxygen atoms in total. The second-order valence-electron chi connectivity index (χ2n) is 9.42. The molecule has 4 aliphatic rings. The van der Waals surface area contributed by atoms with Crippen molar-refractivity contribution in [1.82, 2.24) is 9.78 Å². The third-order valence-electron chi connectivity index (χ3n) is 6.97. The maximum atomic E-state index is 6.40. The van der Waals surface area contributed by atoms with Gasteiger partial charge in [0, 0.05) is 18.4 Å². The molecule has 3 unspecified atom stereocenters. The van der Waals surface area contributed by atoms with Gasteiger partial charge in [-0.05, 0) is 57.9 Å². The molecule has 0 bridgehead atoms. The highest BCUT2D eigenvalue weighted by Gasteiger charge is 2.72. The molecule has 3 atom stereocenters. The summed E-state index contributed by atoms with van der Waals surface area (Å²) in [5, 5.41) is 5.09. The Morgan fingerprint density at radius 2 is 1.84 bits per heavy atom. The van der Waals surface area contributed by atoms with Gasteiger partial charge in [0.25, 0.3) is 0 Å². The van der Waals surface area contributed by atoms with Crippen molar-refractivity contribution in [3.05, 3.63) is 11.3 Å². The molecule has 2 aliphatic carbocycles. The van der Waals surface area contributed by atoms with Crippen molar-refractivity contribution < 1.29 is 14.0 Å². The first-order valence-corrected chi connectivity index (χ1v) is 9.92. The highest BCUT2D eigenvalue weighted by Crippen LogP contribution is 2.58. The zero-order valence-electron chi connectivity index (χ0n) is 15.9. The van der Waals surface area contributed by atoms with Gasteiger partial charge in [0.2, 0.25) is 0 Å². The average Bonchev–Trinajstić information content (AvgIpc) is 2.85. The molecule has 6 heteroatoms. The molecule has 3 heterocycles. The van der Waals surface area contributed by atoms with Gasteiger partial charge >= 0.3 is 7.12 Å². The van der Waals surface area contributed by atoms with Crippen LogP contribution in [0.1, 0.15) is 83.7 Å². The van der Waals surface area contributed by atoms with E-state index in [1.807, 2.05) is 0 Å². The SMILES string of the molecule is CC1(C)CCCc2c1nn(C1CCCCO1)c2B1OC2(C)CC2(C)O1. The van der Waals surface area contributed by atoms with Crippen LogP contribution in [0.5, 0.6) is 0 Å². The van der Waals surface area contributed by atoms with E-state index < -0.39 is 0 Å². The lowest BCUT2D eigenvalue weighted by Crippen LogP contribution is -2.45. The number of ether oxygens (including phenoxy) is 1. The van der Waals surface area contributed by atoms with Gasteiger partial charge in [0.05, 0.1) is 22.5 Å². The highest BCUT2D eigenvalue weighted by molar-refractivity contribution is 6.62. The van der Waals surface area contributed by atoms with Crippen LogP contribution in [0.15, 0.2) is 0 Å². The minimum Gasteiger partial charge on any atom is -0.398 e. The van der Waals surface area contributed by atoms with Crippen LogP contribution in [0.3, 0.4) is 0 Å². The molecule has 0 N–H and O–H groups in total. The molecule has 5 rings (SSSR count). The van der Waals surface area contributed by atoms with Gasteiger partial charge in [0.1, 0.15) is 6.23 Å². The van der Waals surface area contributed by atoms with Gasteiger partial charge < -0.3 is 14.0 Å². The largest absolute Gasteiger partial charge is 0.514 e. The van der Waals surface area contributed by atoms with E-state index in [2.05, 4.69) is 32.4 Å². The van der Waals surface area contributed by atoms with Gasteiger partial charge in [-0.25, -0.2) is 4.68 Å². The fraction of sp³-hybridized carbons (Fsp3) is 0.842. The lowest BCUT2D eigenvalue weighted by molar-refractivity contribution is -0.0384. The molecule has 25 heavy (non-hydrogen) atoms. The van der Waals surface area contributed by atoms with Crippen molar-refractivity contribution in [2.24, 2.45) is 0 Å². The number of aromatic nitrogens is 2. The molecule has 1 aromatic rings. The summed E-state index contributed by atoms with van der Waals surface area (Å²) in [6.45, 7) is 9.77. The highest BCUT2D eigenvalue weighted by atomic mass is 16.7. The Balaban J connectivity index is 1.59. The Labute approximate surface area is 150 Å². The molecule has 136 valence electrons. The molecule has 0 spiro atoms. The zero-order chi connectivity index (χ0) is 17.4. The summed E-state index contributed by atoms with van der Waals surface area (Å²) < 4.78 is 21.0. The summed E-state index contributed by atoms with van der Waals surface area (Å²) in [6, 6.07) is 0. The summed E-state index contributed by atoms with van der Waals surface area (Å²) in [4.78, 5) is 0. The van der Waals surface area contributed by atoms with E-state index in [1.54, 1.807) is 0 Å². The lowest BCUT2D eigenvalue weighted by Gasteiger charge is -2.28. The van der Waals surface area contributed by atoms with Crippen LogP contribution in [0.4, 0.5) is 0 Å². The van der Waals surface area contributed by atoms with Gasteiger partial charge in [0.15, 0.2) is 0 Å². The minimum atomic E-state index is -0.306. The van der Waals surface area contributed by atoms with E-state index >= 15 is 0 Å². The molecule has 1 saturated carbocycles. The number of hydrogen-bond donors (Lipinski definition) is 0. The molecular weight excluding hydrogens is 315 g/mol. The molecule has 0 radical (unpaired) electrons. The predicted molar refractivity (Wildman–Crippen MR) is 96.0 cm³/mol. The third-order valence-corrected chi connectivity index (χ3v) is 6.97. The van der Waals surface area contributed by atoms with Crippen LogP contribution >= 0.6 is 0 Å². The van der Waals surface area contributed by atoms with Gasteiger partial charge in [-0.2, -0.15) is 5.10 Å². The minimum absolute atomic E-state index is 0.0230. The fourth-order valence-electron chi connectivity index (χ4n) is 5.02.